The number of carbonyl (C=O) groups excluding carboxylic acids is 2. The molecular weight excluding hydrogens is 374 g/mol. The fraction of sp³-hybridized carbons (Fsp3) is 0.381. The summed E-state index contributed by atoms with van der Waals surface area (Å²) in [5, 5.41) is 5.33. The van der Waals surface area contributed by atoms with Crippen molar-refractivity contribution in [2.24, 2.45) is 0 Å². The van der Waals surface area contributed by atoms with E-state index in [1.807, 2.05) is 12.1 Å². The number of pyridine rings is 1. The number of methoxy groups -OCH3 is 1. The van der Waals surface area contributed by atoms with Gasteiger partial charge in [0.05, 0.1) is 7.11 Å². The number of nitrogens with zero attached hydrogens (tertiary/aromatic N) is 1. The molecule has 2 N–H and O–H groups in total. The molecule has 0 bridgehead atoms. The topological polar surface area (TPSA) is 98.8 Å². The van der Waals surface area contributed by atoms with E-state index in [1.54, 1.807) is 58.5 Å². The molecule has 8 heteroatoms. The van der Waals surface area contributed by atoms with E-state index in [-0.39, 0.29) is 18.9 Å². The minimum Gasteiger partial charge on any atom is -0.493 e. The molecule has 0 unspecified atom stereocenters. The molecule has 0 radical (unpaired) electrons. The second-order valence-electron chi connectivity index (χ2n) is 7.24. The van der Waals surface area contributed by atoms with E-state index in [9.17, 15) is 9.59 Å². The fourth-order valence-electron chi connectivity index (χ4n) is 2.33. The number of amides is 2. The third kappa shape index (κ3) is 8.08. The van der Waals surface area contributed by atoms with Crippen LogP contribution in [0.1, 0.15) is 32.8 Å². The van der Waals surface area contributed by atoms with Crippen LogP contribution in [0.2, 0.25) is 0 Å². The summed E-state index contributed by atoms with van der Waals surface area (Å²) in [5.74, 6) is 0.809. The van der Waals surface area contributed by atoms with Crippen molar-refractivity contribution in [1.29, 1.82) is 0 Å². The first-order chi connectivity index (χ1) is 13.8. The molecule has 0 saturated carbocycles. The molecule has 156 valence electrons. The highest BCUT2D eigenvalue weighted by Gasteiger charge is 2.16. The zero-order valence-corrected chi connectivity index (χ0v) is 17.2. The predicted molar refractivity (Wildman–Crippen MR) is 109 cm³/mol. The highest BCUT2D eigenvalue weighted by atomic mass is 16.6. The van der Waals surface area contributed by atoms with Gasteiger partial charge in [0, 0.05) is 42.7 Å². The van der Waals surface area contributed by atoms with Crippen molar-refractivity contribution in [1.82, 2.24) is 10.3 Å². The summed E-state index contributed by atoms with van der Waals surface area (Å²) in [6.45, 7) is 5.81. The predicted octanol–water partition coefficient (Wildman–Crippen LogP) is 3.52. The summed E-state index contributed by atoms with van der Waals surface area (Å²) in [5.41, 5.74) is 0.897. The van der Waals surface area contributed by atoms with Crippen LogP contribution in [-0.4, -0.2) is 36.2 Å². The molecule has 29 heavy (non-hydrogen) atoms. The smallest absolute Gasteiger partial charge is 0.407 e. The first-order valence-electron chi connectivity index (χ1n) is 9.23. The number of anilines is 1. The maximum Gasteiger partial charge on any atom is 0.407 e. The Morgan fingerprint density at radius 2 is 1.93 bits per heavy atom. The molecule has 0 fully saturated rings. The van der Waals surface area contributed by atoms with Crippen molar-refractivity contribution in [3.8, 4) is 11.5 Å². The van der Waals surface area contributed by atoms with Gasteiger partial charge in [-0.05, 0) is 39.0 Å². The number of hydrogen-bond acceptors (Lipinski definition) is 6. The van der Waals surface area contributed by atoms with Gasteiger partial charge in [0.1, 0.15) is 12.2 Å². The maximum atomic E-state index is 12.1. The Bertz CT molecular complexity index is 819. The quantitative estimate of drug-likeness (QED) is 0.702. The lowest BCUT2D eigenvalue weighted by Crippen LogP contribution is -2.34. The van der Waals surface area contributed by atoms with E-state index < -0.39 is 11.7 Å². The van der Waals surface area contributed by atoms with E-state index in [2.05, 4.69) is 15.6 Å². The molecule has 2 amide bonds. The average molecular weight is 401 g/mol. The molecule has 0 saturated heterocycles. The van der Waals surface area contributed by atoms with Crippen LogP contribution in [0, 0.1) is 0 Å². The Balaban J connectivity index is 1.88. The van der Waals surface area contributed by atoms with E-state index in [0.29, 0.717) is 23.8 Å². The van der Waals surface area contributed by atoms with E-state index in [0.717, 1.165) is 5.56 Å². The number of ether oxygens (including phenoxy) is 3. The van der Waals surface area contributed by atoms with Gasteiger partial charge in [0.2, 0.25) is 5.91 Å². The van der Waals surface area contributed by atoms with Crippen LogP contribution in [0.4, 0.5) is 10.5 Å². The molecule has 0 aliphatic rings. The van der Waals surface area contributed by atoms with Gasteiger partial charge in [0.25, 0.3) is 0 Å². The monoisotopic (exact) mass is 401 g/mol. The van der Waals surface area contributed by atoms with Crippen molar-refractivity contribution < 1.29 is 23.8 Å². The van der Waals surface area contributed by atoms with E-state index in [1.165, 1.54) is 0 Å². The van der Waals surface area contributed by atoms with E-state index >= 15 is 0 Å². The van der Waals surface area contributed by atoms with Crippen molar-refractivity contribution in [2.75, 3.05) is 19.0 Å². The number of rotatable bonds is 8. The second kappa shape index (κ2) is 10.3. The zero-order valence-electron chi connectivity index (χ0n) is 17.2. The molecular formula is C21H27N3O5. The van der Waals surface area contributed by atoms with Gasteiger partial charge >= 0.3 is 6.09 Å². The summed E-state index contributed by atoms with van der Waals surface area (Å²) in [7, 11) is 1.55. The maximum absolute atomic E-state index is 12.1. The third-order valence-corrected chi connectivity index (χ3v) is 3.58. The third-order valence-electron chi connectivity index (χ3n) is 3.58. The van der Waals surface area contributed by atoms with Gasteiger partial charge < -0.3 is 24.8 Å². The van der Waals surface area contributed by atoms with Crippen LogP contribution in [0.5, 0.6) is 11.5 Å². The number of aromatic nitrogens is 1. The Kier molecular flexibility index (Phi) is 7.82. The summed E-state index contributed by atoms with van der Waals surface area (Å²) in [6, 6.07) is 8.86. The molecule has 0 spiro atoms. The van der Waals surface area contributed by atoms with Gasteiger partial charge in [-0.2, -0.15) is 0 Å². The average Bonchev–Trinajstić information content (AvgIpc) is 2.66. The minimum absolute atomic E-state index is 0.108. The van der Waals surface area contributed by atoms with Gasteiger partial charge in [0.15, 0.2) is 11.5 Å². The van der Waals surface area contributed by atoms with Gasteiger partial charge in [-0.3, -0.25) is 9.78 Å². The second-order valence-corrected chi connectivity index (χ2v) is 7.24. The fourth-order valence-corrected chi connectivity index (χ4v) is 2.33. The first kappa shape index (κ1) is 22.0. The van der Waals surface area contributed by atoms with Crippen LogP contribution in [0.15, 0.2) is 42.7 Å². The highest BCUT2D eigenvalue weighted by molar-refractivity contribution is 5.91. The van der Waals surface area contributed by atoms with Crippen molar-refractivity contribution >= 4 is 17.7 Å². The van der Waals surface area contributed by atoms with Crippen molar-refractivity contribution in [3.63, 3.8) is 0 Å². The first-order valence-corrected chi connectivity index (χ1v) is 9.23. The zero-order chi connectivity index (χ0) is 21.3. The van der Waals surface area contributed by atoms with Crippen LogP contribution >= 0.6 is 0 Å². The molecule has 8 nitrogen and oxygen atoms in total. The highest BCUT2D eigenvalue weighted by Crippen LogP contribution is 2.31. The number of hydrogen-bond donors (Lipinski definition) is 2. The number of alkyl carbamates (subject to hydrolysis) is 1. The Hall–Kier alpha value is -3.29. The number of nitrogens with one attached hydrogen (secondary N) is 2. The summed E-state index contributed by atoms with van der Waals surface area (Å²) < 4.78 is 16.2. The molecule has 2 rings (SSSR count). The lowest BCUT2D eigenvalue weighted by Gasteiger charge is -2.19. The normalized spacial score (nSPS) is 10.8. The van der Waals surface area contributed by atoms with Gasteiger partial charge in [-0.25, -0.2) is 4.79 Å². The molecule has 0 aliphatic carbocycles. The summed E-state index contributed by atoms with van der Waals surface area (Å²) in [4.78, 5) is 27.8. The van der Waals surface area contributed by atoms with Crippen LogP contribution in [0.3, 0.4) is 0 Å². The van der Waals surface area contributed by atoms with Gasteiger partial charge in [-0.15, -0.1) is 0 Å². The molecule has 1 heterocycles. The van der Waals surface area contributed by atoms with E-state index in [4.69, 9.17) is 14.2 Å². The number of benzene rings is 1. The Labute approximate surface area is 170 Å². The SMILES string of the molecule is COc1ccc(NC(=O)CCNC(=O)OC(C)(C)C)cc1OCc1cccnc1. The summed E-state index contributed by atoms with van der Waals surface area (Å²) in [6.07, 6.45) is 2.96. The van der Waals surface area contributed by atoms with Gasteiger partial charge in [-0.1, -0.05) is 6.07 Å². The molecule has 0 atom stereocenters. The number of carbonyl (C=O) groups is 2. The molecule has 2 aromatic rings. The molecule has 1 aromatic heterocycles. The van der Waals surface area contributed by atoms with Crippen LogP contribution in [-0.2, 0) is 16.1 Å². The lowest BCUT2D eigenvalue weighted by molar-refractivity contribution is -0.116. The Morgan fingerprint density at radius 1 is 1.14 bits per heavy atom. The minimum atomic E-state index is -0.582. The molecule has 0 aliphatic heterocycles. The van der Waals surface area contributed by atoms with Crippen LogP contribution < -0.4 is 20.1 Å². The standard InChI is InChI=1S/C21H27N3O5/c1-21(2,3)29-20(26)23-11-9-19(25)24-16-7-8-17(27-4)18(12-16)28-14-15-6-5-10-22-13-15/h5-8,10,12-13H,9,11,14H2,1-4H3,(H,23,26)(H,24,25). The van der Waals surface area contributed by atoms with Crippen molar-refractivity contribution in [2.45, 2.75) is 39.4 Å². The van der Waals surface area contributed by atoms with Crippen molar-refractivity contribution in [3.05, 3.63) is 48.3 Å². The largest absolute Gasteiger partial charge is 0.493 e. The Morgan fingerprint density at radius 3 is 2.59 bits per heavy atom. The summed E-state index contributed by atoms with van der Waals surface area (Å²) >= 11 is 0. The molecule has 1 aromatic carbocycles. The lowest BCUT2D eigenvalue weighted by atomic mass is 10.2. The van der Waals surface area contributed by atoms with Crippen LogP contribution in [0.25, 0.3) is 0 Å².